The van der Waals surface area contributed by atoms with Gasteiger partial charge in [-0.3, -0.25) is 14.4 Å². The molecule has 1 atom stereocenters. The van der Waals surface area contributed by atoms with Crippen LogP contribution < -0.4 is 5.32 Å². The van der Waals surface area contributed by atoms with Gasteiger partial charge in [0.2, 0.25) is 5.91 Å². The number of carboxylic acid groups (broad SMARTS) is 1. The van der Waals surface area contributed by atoms with E-state index in [2.05, 4.69) is 67.8 Å². The fourth-order valence-electron chi connectivity index (χ4n) is 5.88. The van der Waals surface area contributed by atoms with Crippen molar-refractivity contribution < 1.29 is 24.2 Å². The lowest BCUT2D eigenvalue weighted by atomic mass is 10.0. The summed E-state index contributed by atoms with van der Waals surface area (Å²) in [7, 11) is 0. The number of hydrogen-bond donors (Lipinski definition) is 2. The summed E-state index contributed by atoms with van der Waals surface area (Å²) in [5, 5.41) is 11.1. The lowest BCUT2D eigenvalue weighted by molar-refractivity contribution is -0.150. The number of rotatable bonds is 37. The molecule has 0 rings (SSSR count). The first-order valence-corrected chi connectivity index (χ1v) is 20.8. The van der Waals surface area contributed by atoms with Crippen molar-refractivity contribution in [1.29, 1.82) is 0 Å². The standard InChI is InChI=1S/C44H77NO5/c1-3-5-7-9-11-13-15-17-18-20-21-23-25-28-32-36-41(37-33-29-27-30-34-38-42(46)45-40-43(47)48)50-44(49)39-35-31-26-24-22-19-16-14-12-10-8-6-4-2/h8,10,14-17,20-21,41H,3-7,9,11-13,18-19,22-40H2,1-2H3,(H,45,46)(H,47,48)/b10-8-,16-14-,17-15-,21-20-. The van der Waals surface area contributed by atoms with Crippen LogP contribution in [0.2, 0.25) is 0 Å². The number of allylic oxidation sites excluding steroid dienone is 8. The predicted octanol–water partition coefficient (Wildman–Crippen LogP) is 12.7. The Morgan fingerprint density at radius 1 is 0.520 bits per heavy atom. The Morgan fingerprint density at radius 2 is 0.960 bits per heavy atom. The molecule has 0 aromatic heterocycles. The molecule has 0 aliphatic carbocycles. The number of amides is 1. The molecular weight excluding hydrogens is 622 g/mol. The van der Waals surface area contributed by atoms with Crippen LogP contribution in [0, 0.1) is 0 Å². The maximum atomic E-state index is 12.7. The summed E-state index contributed by atoms with van der Waals surface area (Å²) >= 11 is 0. The lowest BCUT2D eigenvalue weighted by Crippen LogP contribution is -2.28. The van der Waals surface area contributed by atoms with Crippen molar-refractivity contribution in [3.63, 3.8) is 0 Å². The van der Waals surface area contributed by atoms with Gasteiger partial charge in [0.25, 0.3) is 0 Å². The third kappa shape index (κ3) is 38.2. The molecule has 0 saturated carbocycles. The monoisotopic (exact) mass is 700 g/mol. The molecule has 6 heteroatoms. The second-order valence-corrected chi connectivity index (χ2v) is 13.9. The molecule has 1 amide bonds. The van der Waals surface area contributed by atoms with Gasteiger partial charge in [-0.1, -0.05) is 140 Å². The molecule has 288 valence electrons. The summed E-state index contributed by atoms with van der Waals surface area (Å²) in [4.78, 5) is 35.0. The number of carbonyl (C=O) groups is 3. The van der Waals surface area contributed by atoms with Crippen molar-refractivity contribution in [2.24, 2.45) is 0 Å². The second-order valence-electron chi connectivity index (χ2n) is 13.9. The Bertz CT molecular complexity index is 906. The molecule has 0 aromatic rings. The molecule has 0 aromatic carbocycles. The minimum Gasteiger partial charge on any atom is -0.480 e. The third-order valence-electron chi connectivity index (χ3n) is 8.95. The average molecular weight is 700 g/mol. The van der Waals surface area contributed by atoms with Crippen molar-refractivity contribution in [1.82, 2.24) is 5.32 Å². The molecule has 0 aliphatic rings. The number of unbranched alkanes of at least 4 members (excludes halogenated alkanes) is 18. The Hall–Kier alpha value is -2.63. The first-order chi connectivity index (χ1) is 24.5. The zero-order valence-electron chi connectivity index (χ0n) is 32.5. The minimum absolute atomic E-state index is 0.00412. The van der Waals surface area contributed by atoms with Crippen molar-refractivity contribution in [3.8, 4) is 0 Å². The molecule has 0 aliphatic heterocycles. The van der Waals surface area contributed by atoms with E-state index < -0.39 is 5.97 Å². The summed E-state index contributed by atoms with van der Waals surface area (Å²) in [6.45, 7) is 4.14. The first-order valence-electron chi connectivity index (χ1n) is 20.8. The van der Waals surface area contributed by atoms with Crippen LogP contribution in [-0.4, -0.2) is 35.6 Å². The molecule has 0 heterocycles. The maximum Gasteiger partial charge on any atom is 0.322 e. The number of carboxylic acids is 1. The number of carbonyl (C=O) groups excluding carboxylic acids is 2. The SMILES string of the molecule is CCC/C=C\C/C=C\CCCCCCCC(=O)OC(CCCCC/C=C\C/C=C\CCCCCCC)CCCCCCCC(=O)NCC(=O)O. The molecule has 50 heavy (non-hydrogen) atoms. The van der Waals surface area contributed by atoms with E-state index in [9.17, 15) is 14.4 Å². The zero-order chi connectivity index (χ0) is 36.6. The number of hydrogen-bond acceptors (Lipinski definition) is 4. The summed E-state index contributed by atoms with van der Waals surface area (Å²) in [5.74, 6) is -1.26. The number of nitrogens with one attached hydrogen (secondary N) is 1. The van der Waals surface area contributed by atoms with Gasteiger partial charge in [0.1, 0.15) is 12.6 Å². The van der Waals surface area contributed by atoms with Gasteiger partial charge in [-0.2, -0.15) is 0 Å². The second kappa shape index (κ2) is 39.2. The van der Waals surface area contributed by atoms with E-state index in [0.717, 1.165) is 96.3 Å². The Morgan fingerprint density at radius 3 is 1.48 bits per heavy atom. The maximum absolute atomic E-state index is 12.7. The summed E-state index contributed by atoms with van der Waals surface area (Å²) in [6.07, 6.45) is 49.4. The molecule has 2 N–H and O–H groups in total. The summed E-state index contributed by atoms with van der Waals surface area (Å²) < 4.78 is 6.01. The quantitative estimate of drug-likeness (QED) is 0.0382. The molecule has 0 bridgehead atoms. The Kier molecular flexibility index (Phi) is 37.1. The lowest BCUT2D eigenvalue weighted by Gasteiger charge is -2.18. The molecular formula is C44H77NO5. The molecule has 0 radical (unpaired) electrons. The van der Waals surface area contributed by atoms with E-state index in [0.29, 0.717) is 12.8 Å². The van der Waals surface area contributed by atoms with Gasteiger partial charge in [0, 0.05) is 12.8 Å². The van der Waals surface area contributed by atoms with Gasteiger partial charge < -0.3 is 15.2 Å². The number of esters is 1. The van der Waals surface area contributed by atoms with Crippen molar-refractivity contribution in [3.05, 3.63) is 48.6 Å². The van der Waals surface area contributed by atoms with Gasteiger partial charge in [0.15, 0.2) is 0 Å². The van der Waals surface area contributed by atoms with Crippen LogP contribution in [-0.2, 0) is 19.1 Å². The predicted molar refractivity (Wildman–Crippen MR) is 212 cm³/mol. The average Bonchev–Trinajstić information content (AvgIpc) is 3.10. The van der Waals surface area contributed by atoms with Crippen LogP contribution in [0.3, 0.4) is 0 Å². The van der Waals surface area contributed by atoms with E-state index in [1.165, 1.54) is 77.0 Å². The highest BCUT2D eigenvalue weighted by Crippen LogP contribution is 2.18. The minimum atomic E-state index is -1.02. The van der Waals surface area contributed by atoms with Crippen molar-refractivity contribution in [2.75, 3.05) is 6.54 Å². The van der Waals surface area contributed by atoms with E-state index in [1.54, 1.807) is 0 Å². The van der Waals surface area contributed by atoms with Gasteiger partial charge in [-0.25, -0.2) is 0 Å². The highest BCUT2D eigenvalue weighted by Gasteiger charge is 2.14. The van der Waals surface area contributed by atoms with E-state index in [-0.39, 0.29) is 24.5 Å². The number of aliphatic carboxylic acids is 1. The van der Waals surface area contributed by atoms with Gasteiger partial charge >= 0.3 is 11.9 Å². The zero-order valence-corrected chi connectivity index (χ0v) is 32.5. The topological polar surface area (TPSA) is 92.7 Å². The van der Waals surface area contributed by atoms with Crippen LogP contribution >= 0.6 is 0 Å². The van der Waals surface area contributed by atoms with Crippen LogP contribution in [0.1, 0.15) is 200 Å². The fourth-order valence-corrected chi connectivity index (χ4v) is 5.88. The van der Waals surface area contributed by atoms with Crippen LogP contribution in [0.4, 0.5) is 0 Å². The van der Waals surface area contributed by atoms with Gasteiger partial charge in [-0.15, -0.1) is 0 Å². The molecule has 6 nitrogen and oxygen atoms in total. The summed E-state index contributed by atoms with van der Waals surface area (Å²) in [5.41, 5.74) is 0. The molecule has 0 spiro atoms. The highest BCUT2D eigenvalue weighted by atomic mass is 16.5. The third-order valence-corrected chi connectivity index (χ3v) is 8.95. The Labute approximate surface area is 308 Å². The van der Waals surface area contributed by atoms with Gasteiger partial charge in [0.05, 0.1) is 0 Å². The van der Waals surface area contributed by atoms with Crippen molar-refractivity contribution >= 4 is 17.8 Å². The normalized spacial score (nSPS) is 12.5. The largest absolute Gasteiger partial charge is 0.480 e. The van der Waals surface area contributed by atoms with Crippen molar-refractivity contribution in [2.45, 2.75) is 206 Å². The highest BCUT2D eigenvalue weighted by molar-refractivity contribution is 5.80. The fraction of sp³-hybridized carbons (Fsp3) is 0.750. The molecule has 0 saturated heterocycles. The Balaban J connectivity index is 4.28. The van der Waals surface area contributed by atoms with E-state index in [4.69, 9.17) is 9.84 Å². The molecule has 1 unspecified atom stereocenters. The van der Waals surface area contributed by atoms with E-state index >= 15 is 0 Å². The van der Waals surface area contributed by atoms with E-state index in [1.807, 2.05) is 0 Å². The number of ether oxygens (including phenoxy) is 1. The first kappa shape index (κ1) is 47.4. The van der Waals surface area contributed by atoms with Crippen LogP contribution in [0.25, 0.3) is 0 Å². The smallest absolute Gasteiger partial charge is 0.322 e. The van der Waals surface area contributed by atoms with Crippen LogP contribution in [0.5, 0.6) is 0 Å². The van der Waals surface area contributed by atoms with Gasteiger partial charge in [-0.05, 0) is 96.3 Å². The van der Waals surface area contributed by atoms with Crippen LogP contribution in [0.15, 0.2) is 48.6 Å². The molecule has 0 fully saturated rings. The summed E-state index contributed by atoms with van der Waals surface area (Å²) in [6, 6.07) is 0.